The Morgan fingerprint density at radius 3 is 2.17 bits per heavy atom. The van der Waals surface area contributed by atoms with Crippen molar-refractivity contribution in [1.82, 2.24) is 10.2 Å². The number of benzene rings is 3. The molecule has 0 unspecified atom stereocenters. The minimum absolute atomic E-state index is 0.000868. The number of aryl methyl sites for hydroxylation is 1. The molecule has 0 bridgehead atoms. The van der Waals surface area contributed by atoms with Crippen molar-refractivity contribution < 1.29 is 27.5 Å². The van der Waals surface area contributed by atoms with Crippen LogP contribution in [-0.4, -0.2) is 58.5 Å². The fourth-order valence-corrected chi connectivity index (χ4v) is 5.79. The maximum atomic E-state index is 14.1. The lowest BCUT2D eigenvalue weighted by Crippen LogP contribution is -2.51. The molecule has 0 aromatic heterocycles. The fourth-order valence-electron chi connectivity index (χ4n) is 4.19. The van der Waals surface area contributed by atoms with Crippen molar-refractivity contribution in [1.29, 1.82) is 0 Å². The number of sulfonamides is 1. The first-order valence-electron chi connectivity index (χ1n) is 13.5. The Morgan fingerprint density at radius 2 is 1.57 bits per heavy atom. The van der Waals surface area contributed by atoms with Gasteiger partial charge in [0.2, 0.25) is 11.8 Å². The van der Waals surface area contributed by atoms with Gasteiger partial charge in [-0.3, -0.25) is 13.9 Å². The summed E-state index contributed by atoms with van der Waals surface area (Å²) < 4.78 is 39.8. The third-order valence-electron chi connectivity index (χ3n) is 6.69. The molecule has 1 N–H and O–H groups in total. The SMILES string of the molecule is COc1ccc(N(CC(=O)N(Cc2ccccc2Cl)[C@@H](C)C(=O)NCC(C)C)S(=O)(=O)c2ccc(C)cc2)cc1OC. The summed E-state index contributed by atoms with van der Waals surface area (Å²) >= 11 is 6.42. The van der Waals surface area contributed by atoms with Gasteiger partial charge in [-0.2, -0.15) is 0 Å². The quantitative estimate of drug-likeness (QED) is 0.289. The summed E-state index contributed by atoms with van der Waals surface area (Å²) in [5.74, 6) is -0.0539. The van der Waals surface area contributed by atoms with Gasteiger partial charge >= 0.3 is 0 Å². The second kappa shape index (κ2) is 14.4. The lowest BCUT2D eigenvalue weighted by Gasteiger charge is -2.32. The molecule has 0 aliphatic heterocycles. The predicted molar refractivity (Wildman–Crippen MR) is 165 cm³/mol. The number of rotatable bonds is 13. The van der Waals surface area contributed by atoms with E-state index < -0.39 is 28.5 Å². The van der Waals surface area contributed by atoms with Crippen LogP contribution in [0, 0.1) is 12.8 Å². The van der Waals surface area contributed by atoms with Crippen LogP contribution in [-0.2, 0) is 26.2 Å². The smallest absolute Gasteiger partial charge is 0.264 e. The summed E-state index contributed by atoms with van der Waals surface area (Å²) in [6.45, 7) is 7.24. The summed E-state index contributed by atoms with van der Waals surface area (Å²) in [4.78, 5) is 28.6. The van der Waals surface area contributed by atoms with E-state index in [9.17, 15) is 18.0 Å². The third-order valence-corrected chi connectivity index (χ3v) is 8.85. The van der Waals surface area contributed by atoms with Crippen LogP contribution in [0.4, 0.5) is 5.69 Å². The number of anilines is 1. The zero-order chi connectivity index (χ0) is 31.0. The molecule has 3 aromatic carbocycles. The van der Waals surface area contributed by atoms with E-state index in [0.717, 1.165) is 9.87 Å². The third kappa shape index (κ3) is 7.95. The number of amides is 2. The molecule has 0 radical (unpaired) electrons. The van der Waals surface area contributed by atoms with E-state index in [4.69, 9.17) is 21.1 Å². The van der Waals surface area contributed by atoms with E-state index in [-0.39, 0.29) is 29.0 Å². The van der Waals surface area contributed by atoms with Crippen molar-refractivity contribution in [2.75, 3.05) is 31.6 Å². The molecule has 11 heteroatoms. The van der Waals surface area contributed by atoms with Crippen LogP contribution < -0.4 is 19.1 Å². The molecule has 3 rings (SSSR count). The molecule has 0 spiro atoms. The van der Waals surface area contributed by atoms with Gasteiger partial charge in [-0.25, -0.2) is 8.42 Å². The van der Waals surface area contributed by atoms with Crippen LogP contribution >= 0.6 is 11.6 Å². The standard InChI is InChI=1S/C31H38ClN3O6S/c1-21(2)18-33-31(37)23(4)34(19-24-9-7-8-10-27(24)32)30(36)20-35(25-13-16-28(40-5)29(17-25)41-6)42(38,39)26-14-11-22(3)12-15-26/h7-17,21,23H,18-20H2,1-6H3,(H,33,37)/t23-/m0/s1. The number of ether oxygens (including phenoxy) is 2. The summed E-state index contributed by atoms with van der Waals surface area (Å²) in [7, 11) is -1.32. The van der Waals surface area contributed by atoms with Crippen molar-refractivity contribution in [2.24, 2.45) is 5.92 Å². The lowest BCUT2D eigenvalue weighted by atomic mass is 10.1. The summed E-state index contributed by atoms with van der Waals surface area (Å²) in [6, 6.07) is 17.1. The first-order valence-corrected chi connectivity index (χ1v) is 15.3. The number of carbonyl (C=O) groups excluding carboxylic acids is 2. The van der Waals surface area contributed by atoms with Gasteiger partial charge in [-0.1, -0.05) is 61.3 Å². The molecule has 0 aliphatic carbocycles. The molecule has 1 atom stereocenters. The first-order chi connectivity index (χ1) is 19.9. The van der Waals surface area contributed by atoms with Gasteiger partial charge in [0.25, 0.3) is 10.0 Å². The number of hydrogen-bond donors (Lipinski definition) is 1. The highest BCUT2D eigenvalue weighted by Gasteiger charge is 2.33. The van der Waals surface area contributed by atoms with E-state index in [2.05, 4.69) is 5.32 Å². The van der Waals surface area contributed by atoms with Gasteiger partial charge in [0.1, 0.15) is 12.6 Å². The van der Waals surface area contributed by atoms with Gasteiger partial charge < -0.3 is 19.7 Å². The number of nitrogens with zero attached hydrogens (tertiary/aromatic N) is 2. The van der Waals surface area contributed by atoms with E-state index in [0.29, 0.717) is 28.6 Å². The molecule has 0 saturated carbocycles. The van der Waals surface area contributed by atoms with Gasteiger partial charge in [-0.05, 0) is 55.7 Å². The molecule has 0 fully saturated rings. The average molecular weight is 616 g/mol. The van der Waals surface area contributed by atoms with E-state index in [1.807, 2.05) is 20.8 Å². The van der Waals surface area contributed by atoms with Crippen LogP contribution in [0.3, 0.4) is 0 Å². The van der Waals surface area contributed by atoms with E-state index >= 15 is 0 Å². The molecule has 42 heavy (non-hydrogen) atoms. The minimum atomic E-state index is -4.23. The minimum Gasteiger partial charge on any atom is -0.493 e. The van der Waals surface area contributed by atoms with Gasteiger partial charge in [0.15, 0.2) is 11.5 Å². The second-order valence-electron chi connectivity index (χ2n) is 10.3. The average Bonchev–Trinajstić information content (AvgIpc) is 2.97. The molecular formula is C31H38ClN3O6S. The van der Waals surface area contributed by atoms with Crippen LogP contribution in [0.2, 0.25) is 5.02 Å². The Balaban J connectivity index is 2.08. The topological polar surface area (TPSA) is 105 Å². The number of hydrogen-bond acceptors (Lipinski definition) is 6. The largest absolute Gasteiger partial charge is 0.493 e. The molecular weight excluding hydrogens is 578 g/mol. The van der Waals surface area contributed by atoms with Crippen molar-refractivity contribution in [2.45, 2.75) is 45.2 Å². The zero-order valence-corrected chi connectivity index (χ0v) is 26.3. The summed E-state index contributed by atoms with van der Waals surface area (Å²) in [5.41, 5.74) is 1.70. The number of carbonyl (C=O) groups is 2. The Kier molecular flexibility index (Phi) is 11.2. The summed E-state index contributed by atoms with van der Waals surface area (Å²) in [5, 5.41) is 3.29. The first kappa shape index (κ1) is 32.8. The summed E-state index contributed by atoms with van der Waals surface area (Å²) in [6.07, 6.45) is 0. The Bertz CT molecular complexity index is 1490. The predicted octanol–water partition coefficient (Wildman–Crippen LogP) is 5.05. The fraction of sp³-hybridized carbons (Fsp3) is 0.355. The highest BCUT2D eigenvalue weighted by Crippen LogP contribution is 2.34. The number of methoxy groups -OCH3 is 2. The normalized spacial score (nSPS) is 12.0. The van der Waals surface area contributed by atoms with Crippen molar-refractivity contribution in [3.05, 3.63) is 82.9 Å². The molecule has 226 valence electrons. The maximum Gasteiger partial charge on any atom is 0.264 e. The number of nitrogens with one attached hydrogen (secondary N) is 1. The number of halogens is 1. The Hall–Kier alpha value is -3.76. The molecule has 9 nitrogen and oxygen atoms in total. The van der Waals surface area contributed by atoms with Gasteiger partial charge in [-0.15, -0.1) is 0 Å². The highest BCUT2D eigenvalue weighted by molar-refractivity contribution is 7.92. The van der Waals surface area contributed by atoms with Crippen molar-refractivity contribution >= 4 is 39.1 Å². The van der Waals surface area contributed by atoms with E-state index in [1.54, 1.807) is 49.4 Å². The van der Waals surface area contributed by atoms with Crippen LogP contribution in [0.1, 0.15) is 31.9 Å². The van der Waals surface area contributed by atoms with E-state index in [1.165, 1.54) is 43.4 Å². The second-order valence-corrected chi connectivity index (χ2v) is 12.6. The van der Waals surface area contributed by atoms with Crippen molar-refractivity contribution in [3.8, 4) is 11.5 Å². The molecule has 0 aliphatic rings. The lowest BCUT2D eigenvalue weighted by molar-refractivity contribution is -0.139. The monoisotopic (exact) mass is 615 g/mol. The van der Waals surface area contributed by atoms with Crippen LogP contribution in [0.5, 0.6) is 11.5 Å². The van der Waals surface area contributed by atoms with Crippen LogP contribution in [0.15, 0.2) is 71.6 Å². The zero-order valence-electron chi connectivity index (χ0n) is 24.8. The highest BCUT2D eigenvalue weighted by atomic mass is 35.5. The molecule has 2 amide bonds. The molecule has 0 heterocycles. The molecule has 0 saturated heterocycles. The molecule has 3 aromatic rings. The van der Waals surface area contributed by atoms with Crippen molar-refractivity contribution in [3.63, 3.8) is 0 Å². The van der Waals surface area contributed by atoms with Gasteiger partial charge in [0, 0.05) is 24.2 Å². The maximum absolute atomic E-state index is 14.1. The Morgan fingerprint density at radius 1 is 0.929 bits per heavy atom. The van der Waals surface area contributed by atoms with Gasteiger partial charge in [0.05, 0.1) is 24.8 Å². The van der Waals surface area contributed by atoms with Crippen LogP contribution in [0.25, 0.3) is 0 Å². The Labute approximate surface area is 253 Å².